The maximum Gasteiger partial charge on any atom is 0.195 e. The second kappa shape index (κ2) is 5.06. The minimum Gasteiger partial charge on any atom is -0.396 e. The average molecular weight is 260 g/mol. The van der Waals surface area contributed by atoms with Gasteiger partial charge in [-0.05, 0) is 24.8 Å². The highest BCUT2D eigenvalue weighted by atomic mass is 16.5. The molecule has 0 aliphatic heterocycles. The van der Waals surface area contributed by atoms with Crippen molar-refractivity contribution in [3.05, 3.63) is 35.4 Å². The predicted octanol–water partition coefficient (Wildman–Crippen LogP) is 2.68. The highest BCUT2D eigenvalue weighted by molar-refractivity contribution is 6.08. The summed E-state index contributed by atoms with van der Waals surface area (Å²) in [4.78, 5) is 12.8. The predicted molar refractivity (Wildman–Crippen MR) is 72.4 cm³/mol. The molecule has 0 bridgehead atoms. The number of ether oxygens (including phenoxy) is 1. The van der Waals surface area contributed by atoms with Gasteiger partial charge < -0.3 is 9.84 Å². The van der Waals surface area contributed by atoms with Gasteiger partial charge in [-0.3, -0.25) is 4.79 Å². The normalized spacial score (nSPS) is 29.1. The summed E-state index contributed by atoms with van der Waals surface area (Å²) in [5.41, 5.74) is 1.37. The van der Waals surface area contributed by atoms with Crippen LogP contribution in [0.1, 0.15) is 53.9 Å². The van der Waals surface area contributed by atoms with E-state index in [1.807, 2.05) is 18.2 Å². The molecule has 1 N–H and O–H groups in total. The number of Topliss-reactive ketones (excluding diaryl/α,β-unsaturated/α-hetero) is 1. The molecule has 2 aliphatic rings. The van der Waals surface area contributed by atoms with E-state index in [0.29, 0.717) is 13.0 Å². The fourth-order valence-corrected chi connectivity index (χ4v) is 3.61. The standard InChI is InChI=1S/C16H20O3/c17-10-5-11-19-16-9-4-3-8-14(16)12-6-1-2-7-13(12)15(16)18/h1-2,6-7,14,17H,3-5,8-11H2/t14-,16+/m0/s1. The number of rotatable bonds is 4. The Kier molecular flexibility index (Phi) is 3.42. The Morgan fingerprint density at radius 2 is 2.16 bits per heavy atom. The Bertz CT molecular complexity index is 483. The van der Waals surface area contributed by atoms with E-state index in [1.54, 1.807) is 0 Å². The molecular weight excluding hydrogens is 240 g/mol. The van der Waals surface area contributed by atoms with Crippen LogP contribution in [0.5, 0.6) is 0 Å². The third kappa shape index (κ3) is 1.92. The molecule has 0 spiro atoms. The summed E-state index contributed by atoms with van der Waals surface area (Å²) in [5, 5.41) is 8.91. The van der Waals surface area contributed by atoms with Gasteiger partial charge >= 0.3 is 0 Å². The molecule has 0 aromatic heterocycles. The number of hydrogen-bond donors (Lipinski definition) is 1. The SMILES string of the molecule is O=C1c2ccccc2[C@@H]2CCCC[C@]12OCCCO. The molecule has 0 radical (unpaired) electrons. The Morgan fingerprint density at radius 3 is 3.00 bits per heavy atom. The van der Waals surface area contributed by atoms with Gasteiger partial charge in [0.2, 0.25) is 0 Å². The summed E-state index contributed by atoms with van der Waals surface area (Å²) in [6.45, 7) is 0.578. The van der Waals surface area contributed by atoms with Crippen molar-refractivity contribution in [3.8, 4) is 0 Å². The van der Waals surface area contributed by atoms with Gasteiger partial charge in [0.15, 0.2) is 5.78 Å². The zero-order chi connectivity index (χ0) is 13.3. The van der Waals surface area contributed by atoms with E-state index >= 15 is 0 Å². The Hall–Kier alpha value is -1.19. The number of aliphatic hydroxyl groups is 1. The van der Waals surface area contributed by atoms with E-state index in [0.717, 1.165) is 36.8 Å². The summed E-state index contributed by atoms with van der Waals surface area (Å²) in [6, 6.07) is 7.92. The van der Waals surface area contributed by atoms with Crippen LogP contribution in [0, 0.1) is 0 Å². The van der Waals surface area contributed by atoms with Crippen LogP contribution in [0.25, 0.3) is 0 Å². The lowest BCUT2D eigenvalue weighted by atomic mass is 9.75. The Morgan fingerprint density at radius 1 is 1.32 bits per heavy atom. The fourth-order valence-electron chi connectivity index (χ4n) is 3.61. The van der Waals surface area contributed by atoms with Gasteiger partial charge in [0.25, 0.3) is 0 Å². The zero-order valence-corrected chi connectivity index (χ0v) is 11.1. The van der Waals surface area contributed by atoms with E-state index in [9.17, 15) is 4.79 Å². The number of carbonyl (C=O) groups excluding carboxylic acids is 1. The lowest BCUT2D eigenvalue weighted by molar-refractivity contribution is -0.0570. The summed E-state index contributed by atoms with van der Waals surface area (Å²) >= 11 is 0. The Labute approximate surface area is 113 Å². The molecule has 0 amide bonds. The molecule has 102 valence electrons. The van der Waals surface area contributed by atoms with Crippen LogP contribution < -0.4 is 0 Å². The third-order valence-corrected chi connectivity index (χ3v) is 4.48. The van der Waals surface area contributed by atoms with Crippen LogP contribution in [0.4, 0.5) is 0 Å². The molecule has 3 heteroatoms. The number of fused-ring (bicyclic) bond motifs is 3. The van der Waals surface area contributed by atoms with Crippen molar-refractivity contribution >= 4 is 5.78 Å². The zero-order valence-electron chi connectivity index (χ0n) is 11.1. The molecule has 2 aliphatic carbocycles. The molecule has 2 atom stereocenters. The van der Waals surface area contributed by atoms with Crippen LogP contribution in [0.3, 0.4) is 0 Å². The van der Waals surface area contributed by atoms with Crippen molar-refractivity contribution in [2.75, 3.05) is 13.2 Å². The highest BCUT2D eigenvalue weighted by Gasteiger charge is 2.54. The first-order valence-corrected chi connectivity index (χ1v) is 7.18. The van der Waals surface area contributed by atoms with Gasteiger partial charge in [0, 0.05) is 18.1 Å². The first-order chi connectivity index (χ1) is 9.29. The second-order valence-electron chi connectivity index (χ2n) is 5.53. The quantitative estimate of drug-likeness (QED) is 0.847. The van der Waals surface area contributed by atoms with Crippen LogP contribution in [-0.2, 0) is 4.74 Å². The van der Waals surface area contributed by atoms with E-state index < -0.39 is 5.60 Å². The molecule has 1 aromatic rings. The van der Waals surface area contributed by atoms with E-state index in [1.165, 1.54) is 0 Å². The van der Waals surface area contributed by atoms with Crippen LogP contribution in [0.15, 0.2) is 24.3 Å². The molecule has 0 unspecified atom stereocenters. The minimum atomic E-state index is -0.642. The molecule has 3 nitrogen and oxygen atoms in total. The smallest absolute Gasteiger partial charge is 0.195 e. The molecular formula is C16H20O3. The van der Waals surface area contributed by atoms with Gasteiger partial charge in [0.05, 0.1) is 6.61 Å². The molecule has 19 heavy (non-hydrogen) atoms. The van der Waals surface area contributed by atoms with E-state index in [4.69, 9.17) is 9.84 Å². The fraction of sp³-hybridized carbons (Fsp3) is 0.562. The van der Waals surface area contributed by atoms with Crippen molar-refractivity contribution < 1.29 is 14.6 Å². The van der Waals surface area contributed by atoms with Crippen molar-refractivity contribution in [2.24, 2.45) is 0 Å². The first kappa shape index (κ1) is 12.8. The summed E-state index contributed by atoms with van der Waals surface area (Å²) < 4.78 is 6.02. The molecule has 3 rings (SSSR count). The largest absolute Gasteiger partial charge is 0.396 e. The number of carbonyl (C=O) groups is 1. The van der Waals surface area contributed by atoms with Crippen LogP contribution >= 0.6 is 0 Å². The maximum absolute atomic E-state index is 12.8. The van der Waals surface area contributed by atoms with Gasteiger partial charge in [0.1, 0.15) is 5.60 Å². The topological polar surface area (TPSA) is 46.5 Å². The van der Waals surface area contributed by atoms with E-state index in [2.05, 4.69) is 6.07 Å². The first-order valence-electron chi connectivity index (χ1n) is 7.18. The molecule has 1 fully saturated rings. The number of aliphatic hydroxyl groups excluding tert-OH is 1. The summed E-state index contributed by atoms with van der Waals surface area (Å²) in [5.74, 6) is 0.370. The van der Waals surface area contributed by atoms with Crippen LogP contribution in [0.2, 0.25) is 0 Å². The molecule has 0 heterocycles. The lowest BCUT2D eigenvalue weighted by Gasteiger charge is -2.38. The Balaban J connectivity index is 1.95. The molecule has 1 aromatic carbocycles. The minimum absolute atomic E-state index is 0.113. The van der Waals surface area contributed by atoms with Crippen molar-refractivity contribution in [2.45, 2.75) is 43.6 Å². The average Bonchev–Trinajstić information content (AvgIpc) is 2.71. The van der Waals surface area contributed by atoms with Crippen molar-refractivity contribution in [3.63, 3.8) is 0 Å². The van der Waals surface area contributed by atoms with Gasteiger partial charge in [-0.1, -0.05) is 37.1 Å². The monoisotopic (exact) mass is 260 g/mol. The van der Waals surface area contributed by atoms with Gasteiger partial charge in [-0.25, -0.2) is 0 Å². The number of ketones is 1. The summed E-state index contributed by atoms with van der Waals surface area (Å²) in [7, 11) is 0. The number of benzene rings is 1. The number of hydrogen-bond acceptors (Lipinski definition) is 3. The van der Waals surface area contributed by atoms with E-state index in [-0.39, 0.29) is 18.3 Å². The van der Waals surface area contributed by atoms with Crippen LogP contribution in [-0.4, -0.2) is 29.7 Å². The van der Waals surface area contributed by atoms with Crippen molar-refractivity contribution in [1.29, 1.82) is 0 Å². The summed E-state index contributed by atoms with van der Waals surface area (Å²) in [6.07, 6.45) is 4.66. The third-order valence-electron chi connectivity index (χ3n) is 4.48. The van der Waals surface area contributed by atoms with Gasteiger partial charge in [-0.15, -0.1) is 0 Å². The second-order valence-corrected chi connectivity index (χ2v) is 5.53. The molecule has 1 saturated carbocycles. The maximum atomic E-state index is 12.8. The lowest BCUT2D eigenvalue weighted by Crippen LogP contribution is -2.44. The molecule has 0 saturated heterocycles. The highest BCUT2D eigenvalue weighted by Crippen LogP contribution is 2.51. The van der Waals surface area contributed by atoms with Gasteiger partial charge in [-0.2, -0.15) is 0 Å². The van der Waals surface area contributed by atoms with Crippen molar-refractivity contribution in [1.82, 2.24) is 0 Å².